The van der Waals surface area contributed by atoms with Gasteiger partial charge in [-0.25, -0.2) is 4.79 Å². The largest absolute Gasteiger partial charge is 0.491 e. The average Bonchev–Trinajstić information content (AvgIpc) is 2.90. The molecule has 38 heavy (non-hydrogen) atoms. The van der Waals surface area contributed by atoms with Crippen molar-refractivity contribution in [1.29, 1.82) is 0 Å². The van der Waals surface area contributed by atoms with Crippen LogP contribution in [0.4, 0.5) is 4.79 Å². The number of hydrogen-bond donors (Lipinski definition) is 3. The van der Waals surface area contributed by atoms with E-state index in [1.165, 1.54) is 6.92 Å². The molecule has 2 aromatic rings. The van der Waals surface area contributed by atoms with E-state index in [4.69, 9.17) is 18.9 Å². The fourth-order valence-electron chi connectivity index (χ4n) is 4.34. The predicted octanol–water partition coefficient (Wildman–Crippen LogP) is 2.05. The number of carbonyl (C=O) groups is 3. The molecule has 2 heterocycles. The topological polar surface area (TPSA) is 127 Å². The third-order valence-corrected chi connectivity index (χ3v) is 6.31. The molecule has 2 atom stereocenters. The van der Waals surface area contributed by atoms with Crippen molar-refractivity contribution < 1.29 is 33.3 Å². The molecule has 4 amide bonds. The van der Waals surface area contributed by atoms with E-state index in [1.807, 2.05) is 24.3 Å². The Balaban J connectivity index is 1.58. The van der Waals surface area contributed by atoms with Gasteiger partial charge in [0.05, 0.1) is 25.4 Å². The maximum absolute atomic E-state index is 12.9. The van der Waals surface area contributed by atoms with Gasteiger partial charge in [0, 0.05) is 51.8 Å². The van der Waals surface area contributed by atoms with Crippen molar-refractivity contribution in [3.63, 3.8) is 0 Å². The summed E-state index contributed by atoms with van der Waals surface area (Å²) in [7, 11) is 1.58. The standard InChI is InChI=1S/C27H34N4O7/c1-18(32)31-9-6-24-25(16-31)37-17-19-4-3-5-21(12-19)38-23-14-20(13-22(15-23)36-11-10-35-2)26(33)28-7-8-29-27(34)30-24/h3-5,12-15,24-25H,6-11,16-17H2,1-2H3,(H,28,33)(H2,29,30,34)/t24-,25-/m0/s1. The Morgan fingerprint density at radius 2 is 1.92 bits per heavy atom. The summed E-state index contributed by atoms with van der Waals surface area (Å²) >= 11 is 0. The number of methoxy groups -OCH3 is 1. The zero-order valence-corrected chi connectivity index (χ0v) is 21.7. The Morgan fingerprint density at radius 3 is 2.74 bits per heavy atom. The Bertz CT molecular complexity index is 1140. The number of ether oxygens (including phenoxy) is 4. The predicted molar refractivity (Wildman–Crippen MR) is 138 cm³/mol. The van der Waals surface area contributed by atoms with Crippen LogP contribution in [-0.2, 0) is 20.9 Å². The average molecular weight is 527 g/mol. The summed E-state index contributed by atoms with van der Waals surface area (Å²) in [6, 6.07) is 11.8. The molecule has 0 saturated carbocycles. The van der Waals surface area contributed by atoms with E-state index in [0.717, 1.165) is 5.56 Å². The lowest BCUT2D eigenvalue weighted by molar-refractivity contribution is -0.134. The van der Waals surface area contributed by atoms with Crippen LogP contribution in [0.2, 0.25) is 0 Å². The molecule has 11 heteroatoms. The molecule has 0 spiro atoms. The molecular formula is C27H34N4O7. The number of piperidine rings is 1. The quantitative estimate of drug-likeness (QED) is 0.521. The summed E-state index contributed by atoms with van der Waals surface area (Å²) in [6.45, 7) is 3.88. The lowest BCUT2D eigenvalue weighted by Gasteiger charge is -2.38. The summed E-state index contributed by atoms with van der Waals surface area (Å²) in [4.78, 5) is 39.1. The highest BCUT2D eigenvalue weighted by Gasteiger charge is 2.32. The van der Waals surface area contributed by atoms with Gasteiger partial charge in [-0.15, -0.1) is 0 Å². The molecule has 3 N–H and O–H groups in total. The second-order valence-corrected chi connectivity index (χ2v) is 9.15. The number of hydrogen-bond acceptors (Lipinski definition) is 7. The van der Waals surface area contributed by atoms with Crippen molar-refractivity contribution in [3.05, 3.63) is 53.6 Å². The minimum absolute atomic E-state index is 0.0325. The molecule has 204 valence electrons. The van der Waals surface area contributed by atoms with Crippen LogP contribution in [0.1, 0.15) is 29.3 Å². The minimum Gasteiger partial charge on any atom is -0.491 e. The van der Waals surface area contributed by atoms with Gasteiger partial charge in [-0.1, -0.05) is 12.1 Å². The number of amides is 4. The third kappa shape index (κ3) is 7.59. The second kappa shape index (κ2) is 13.1. The Morgan fingerprint density at radius 1 is 1.08 bits per heavy atom. The summed E-state index contributed by atoms with van der Waals surface area (Å²) in [6.07, 6.45) is 0.186. The molecule has 0 aromatic heterocycles. The van der Waals surface area contributed by atoms with Crippen LogP contribution in [0.15, 0.2) is 42.5 Å². The Kier molecular flexibility index (Phi) is 9.39. The Labute approximate surface area is 221 Å². The van der Waals surface area contributed by atoms with Gasteiger partial charge in [0.15, 0.2) is 0 Å². The summed E-state index contributed by atoms with van der Waals surface area (Å²) < 4.78 is 23.1. The number of nitrogens with zero attached hydrogens (tertiary/aromatic N) is 1. The number of nitrogens with one attached hydrogen (secondary N) is 3. The number of urea groups is 1. The monoisotopic (exact) mass is 526 g/mol. The molecular weight excluding hydrogens is 492 g/mol. The number of benzene rings is 2. The molecule has 1 fully saturated rings. The van der Waals surface area contributed by atoms with Crippen LogP contribution in [-0.4, -0.2) is 81.4 Å². The highest BCUT2D eigenvalue weighted by Crippen LogP contribution is 2.29. The van der Waals surface area contributed by atoms with Gasteiger partial charge >= 0.3 is 6.03 Å². The molecule has 4 rings (SSSR count). The van der Waals surface area contributed by atoms with Gasteiger partial charge in [-0.3, -0.25) is 9.59 Å². The van der Waals surface area contributed by atoms with Crippen LogP contribution in [0.3, 0.4) is 0 Å². The first-order valence-electron chi connectivity index (χ1n) is 12.6. The van der Waals surface area contributed by atoms with E-state index in [1.54, 1.807) is 30.2 Å². The molecule has 4 bridgehead atoms. The molecule has 2 aromatic carbocycles. The number of fused-ring (bicyclic) bond motifs is 5. The van der Waals surface area contributed by atoms with Crippen LogP contribution >= 0.6 is 0 Å². The molecule has 1 saturated heterocycles. The van der Waals surface area contributed by atoms with Crippen LogP contribution in [0, 0.1) is 0 Å². The maximum Gasteiger partial charge on any atom is 0.315 e. The van der Waals surface area contributed by atoms with Crippen LogP contribution < -0.4 is 25.4 Å². The lowest BCUT2D eigenvalue weighted by atomic mass is 10.0. The number of carbonyl (C=O) groups excluding carboxylic acids is 3. The minimum atomic E-state index is -0.384. The highest BCUT2D eigenvalue weighted by atomic mass is 16.5. The van der Waals surface area contributed by atoms with Crippen molar-refractivity contribution in [2.24, 2.45) is 0 Å². The molecule has 2 aliphatic heterocycles. The Hall–Kier alpha value is -3.83. The first-order chi connectivity index (χ1) is 18.4. The highest BCUT2D eigenvalue weighted by molar-refractivity contribution is 5.95. The zero-order chi connectivity index (χ0) is 26.9. The van der Waals surface area contributed by atoms with E-state index >= 15 is 0 Å². The molecule has 11 nitrogen and oxygen atoms in total. The van der Waals surface area contributed by atoms with Crippen molar-refractivity contribution in [3.8, 4) is 17.2 Å². The van der Waals surface area contributed by atoms with E-state index in [2.05, 4.69) is 16.0 Å². The van der Waals surface area contributed by atoms with E-state index < -0.39 is 0 Å². The van der Waals surface area contributed by atoms with Crippen molar-refractivity contribution >= 4 is 17.8 Å². The smallest absolute Gasteiger partial charge is 0.315 e. The van der Waals surface area contributed by atoms with Gasteiger partial charge in [-0.2, -0.15) is 0 Å². The van der Waals surface area contributed by atoms with Gasteiger partial charge in [0.2, 0.25) is 5.91 Å². The third-order valence-electron chi connectivity index (χ3n) is 6.31. The number of rotatable bonds is 4. The number of likely N-dealkylation sites (tertiary alicyclic amines) is 1. The normalized spacial score (nSPS) is 20.4. The second-order valence-electron chi connectivity index (χ2n) is 9.15. The fraction of sp³-hybridized carbons (Fsp3) is 0.444. The summed E-state index contributed by atoms with van der Waals surface area (Å²) in [5.74, 6) is 1.11. The first-order valence-corrected chi connectivity index (χ1v) is 12.6. The lowest BCUT2D eigenvalue weighted by Crippen LogP contribution is -2.57. The first kappa shape index (κ1) is 27.2. The molecule has 0 unspecified atom stereocenters. The van der Waals surface area contributed by atoms with Crippen molar-refractivity contribution in [1.82, 2.24) is 20.9 Å². The van der Waals surface area contributed by atoms with Crippen LogP contribution in [0.5, 0.6) is 17.2 Å². The fourth-order valence-corrected chi connectivity index (χ4v) is 4.34. The zero-order valence-electron chi connectivity index (χ0n) is 21.7. The van der Waals surface area contributed by atoms with Gasteiger partial charge in [0.1, 0.15) is 23.9 Å². The van der Waals surface area contributed by atoms with Crippen LogP contribution in [0.25, 0.3) is 0 Å². The van der Waals surface area contributed by atoms with E-state index in [0.29, 0.717) is 55.5 Å². The molecule has 0 radical (unpaired) electrons. The van der Waals surface area contributed by atoms with Gasteiger partial charge < -0.3 is 39.8 Å². The molecule has 2 aliphatic rings. The summed E-state index contributed by atoms with van der Waals surface area (Å²) in [5, 5.41) is 8.53. The molecule has 0 aliphatic carbocycles. The SMILES string of the molecule is COCCOc1cc2cc(c1)C(=O)NCCNC(=O)N[C@H]1CCN(C(C)=O)C[C@@H]1OCc1cccc(c1)O2. The van der Waals surface area contributed by atoms with E-state index in [-0.39, 0.29) is 49.7 Å². The maximum atomic E-state index is 12.9. The van der Waals surface area contributed by atoms with Crippen molar-refractivity contribution in [2.45, 2.75) is 32.1 Å². The van der Waals surface area contributed by atoms with E-state index in [9.17, 15) is 14.4 Å². The van der Waals surface area contributed by atoms with Gasteiger partial charge in [-0.05, 0) is 36.2 Å². The summed E-state index contributed by atoms with van der Waals surface area (Å²) in [5.41, 5.74) is 1.22. The van der Waals surface area contributed by atoms with Gasteiger partial charge in [0.25, 0.3) is 5.91 Å². The van der Waals surface area contributed by atoms with Crippen molar-refractivity contribution in [2.75, 3.05) is 46.5 Å².